The SMILES string of the molecule is C[C@H](O)CN1CCN(c2ccc3nc(-c4cc(C(=O)c5ccccc5C(F)(F)F)c[nH]4)[nH]c3c2)CC1. The molecule has 1 fully saturated rings. The lowest BCUT2D eigenvalue weighted by molar-refractivity contribution is -0.137. The van der Waals surface area contributed by atoms with Crippen molar-refractivity contribution in [2.45, 2.75) is 19.2 Å². The normalized spacial score (nSPS) is 16.0. The Balaban J connectivity index is 1.35. The standard InChI is InChI=1S/C26H26F3N5O2/c1-16(35)15-33-8-10-34(11-9-33)18-6-7-21-22(13-18)32-25(31-21)23-12-17(14-30-23)24(36)19-4-2-3-5-20(19)26(27,28)29/h2-7,12-14,16,30,35H,8-11,15H2,1H3,(H,31,32)/t16-/m0/s1. The second-order valence-corrected chi connectivity index (χ2v) is 9.10. The average Bonchev–Trinajstić information content (AvgIpc) is 3.50. The highest BCUT2D eigenvalue weighted by atomic mass is 19.4. The summed E-state index contributed by atoms with van der Waals surface area (Å²) >= 11 is 0. The Labute approximate surface area is 205 Å². The van der Waals surface area contributed by atoms with E-state index >= 15 is 0 Å². The molecule has 1 atom stereocenters. The molecule has 10 heteroatoms. The number of β-amino-alcohol motifs (C(OH)–C–C–N with tert-alkyl or cyclic N) is 1. The molecule has 5 rings (SSSR count). The van der Waals surface area contributed by atoms with E-state index in [1.807, 2.05) is 18.2 Å². The molecule has 0 spiro atoms. The maximum Gasteiger partial charge on any atom is 0.417 e. The molecule has 0 saturated carbocycles. The molecule has 4 aromatic rings. The third-order valence-corrected chi connectivity index (χ3v) is 6.40. The molecule has 7 nitrogen and oxygen atoms in total. The van der Waals surface area contributed by atoms with E-state index in [-0.39, 0.29) is 11.7 Å². The van der Waals surface area contributed by atoms with Crippen LogP contribution in [0, 0.1) is 0 Å². The van der Waals surface area contributed by atoms with Crippen molar-refractivity contribution in [2.24, 2.45) is 0 Å². The van der Waals surface area contributed by atoms with Crippen LogP contribution in [0.15, 0.2) is 54.7 Å². The Bertz CT molecular complexity index is 1380. The number of rotatable bonds is 6. The Morgan fingerprint density at radius 2 is 1.86 bits per heavy atom. The van der Waals surface area contributed by atoms with Gasteiger partial charge in [0.05, 0.1) is 28.4 Å². The molecular formula is C26H26F3N5O2. The van der Waals surface area contributed by atoms with E-state index in [2.05, 4.69) is 24.8 Å². The maximum atomic E-state index is 13.4. The van der Waals surface area contributed by atoms with Gasteiger partial charge in [-0.2, -0.15) is 13.2 Å². The summed E-state index contributed by atoms with van der Waals surface area (Å²) in [7, 11) is 0. The molecule has 0 radical (unpaired) electrons. The number of aromatic amines is 2. The van der Waals surface area contributed by atoms with Gasteiger partial charge in [0.2, 0.25) is 0 Å². The summed E-state index contributed by atoms with van der Waals surface area (Å²) in [4.78, 5) is 28.2. The second kappa shape index (κ2) is 9.44. The molecule has 0 unspecified atom stereocenters. The Morgan fingerprint density at radius 3 is 2.58 bits per heavy atom. The Kier molecular flexibility index (Phi) is 6.31. The number of imidazole rings is 1. The van der Waals surface area contributed by atoms with Crippen LogP contribution in [0.1, 0.15) is 28.4 Å². The zero-order valence-corrected chi connectivity index (χ0v) is 19.6. The van der Waals surface area contributed by atoms with Gasteiger partial charge >= 0.3 is 6.18 Å². The predicted octanol–water partition coefficient (Wildman–Crippen LogP) is 4.31. The molecule has 1 saturated heterocycles. The maximum absolute atomic E-state index is 13.4. The fourth-order valence-corrected chi connectivity index (χ4v) is 4.63. The number of hydrogen-bond donors (Lipinski definition) is 3. The predicted molar refractivity (Wildman–Crippen MR) is 131 cm³/mol. The van der Waals surface area contributed by atoms with Gasteiger partial charge in [-0.15, -0.1) is 0 Å². The van der Waals surface area contributed by atoms with Gasteiger partial charge in [-0.3, -0.25) is 9.69 Å². The number of hydrogen-bond acceptors (Lipinski definition) is 5. The van der Waals surface area contributed by atoms with E-state index in [0.29, 0.717) is 18.1 Å². The summed E-state index contributed by atoms with van der Waals surface area (Å²) in [6.07, 6.45) is -3.57. The zero-order valence-electron chi connectivity index (χ0n) is 19.6. The number of alkyl halides is 3. The van der Waals surface area contributed by atoms with Crippen LogP contribution in [-0.4, -0.2) is 69.6 Å². The summed E-state index contributed by atoms with van der Waals surface area (Å²) < 4.78 is 40.1. The lowest BCUT2D eigenvalue weighted by Gasteiger charge is -2.36. The molecule has 36 heavy (non-hydrogen) atoms. The first-order valence-corrected chi connectivity index (χ1v) is 11.7. The number of fused-ring (bicyclic) bond motifs is 1. The van der Waals surface area contributed by atoms with Crippen molar-refractivity contribution in [3.63, 3.8) is 0 Å². The van der Waals surface area contributed by atoms with Crippen LogP contribution in [0.5, 0.6) is 0 Å². The van der Waals surface area contributed by atoms with Crippen LogP contribution < -0.4 is 4.90 Å². The lowest BCUT2D eigenvalue weighted by Crippen LogP contribution is -2.48. The number of carbonyl (C=O) groups is 1. The Morgan fingerprint density at radius 1 is 1.11 bits per heavy atom. The summed E-state index contributed by atoms with van der Waals surface area (Å²) in [5, 5.41) is 9.60. The van der Waals surface area contributed by atoms with E-state index in [1.54, 1.807) is 6.92 Å². The Hall–Kier alpha value is -3.63. The zero-order chi connectivity index (χ0) is 25.4. The number of nitrogens with zero attached hydrogens (tertiary/aromatic N) is 3. The van der Waals surface area contributed by atoms with Crippen LogP contribution in [0.2, 0.25) is 0 Å². The first-order chi connectivity index (χ1) is 17.2. The molecule has 0 aliphatic carbocycles. The number of nitrogens with one attached hydrogen (secondary N) is 2. The van der Waals surface area contributed by atoms with Gasteiger partial charge in [0, 0.05) is 55.7 Å². The monoisotopic (exact) mass is 497 g/mol. The van der Waals surface area contributed by atoms with Gasteiger partial charge in [0.15, 0.2) is 11.6 Å². The summed E-state index contributed by atoms with van der Waals surface area (Å²) in [5.74, 6) is -0.217. The van der Waals surface area contributed by atoms with Crippen LogP contribution in [0.3, 0.4) is 0 Å². The number of piperazine rings is 1. The molecule has 2 aromatic heterocycles. The van der Waals surface area contributed by atoms with Gasteiger partial charge in [-0.05, 0) is 37.3 Å². The van der Waals surface area contributed by atoms with E-state index in [1.165, 1.54) is 30.5 Å². The molecule has 2 aromatic carbocycles. The number of anilines is 1. The van der Waals surface area contributed by atoms with Crippen molar-refractivity contribution in [3.05, 3.63) is 71.4 Å². The van der Waals surface area contributed by atoms with Gasteiger partial charge in [-0.25, -0.2) is 4.98 Å². The van der Waals surface area contributed by atoms with Crippen molar-refractivity contribution in [1.82, 2.24) is 19.9 Å². The molecule has 1 aliphatic rings. The highest BCUT2D eigenvalue weighted by molar-refractivity contribution is 6.10. The molecule has 3 N–H and O–H groups in total. The highest BCUT2D eigenvalue weighted by Crippen LogP contribution is 2.33. The number of carbonyl (C=O) groups excluding carboxylic acids is 1. The number of halogens is 3. The van der Waals surface area contributed by atoms with E-state index in [0.717, 1.165) is 49.0 Å². The van der Waals surface area contributed by atoms with Gasteiger partial charge in [0.1, 0.15) is 0 Å². The quantitative estimate of drug-likeness (QED) is 0.346. The molecule has 0 amide bonds. The third-order valence-electron chi connectivity index (χ3n) is 6.40. The first kappa shape index (κ1) is 24.1. The van der Waals surface area contributed by atoms with E-state index in [4.69, 9.17) is 0 Å². The largest absolute Gasteiger partial charge is 0.417 e. The summed E-state index contributed by atoms with van der Waals surface area (Å²) in [5.41, 5.74) is 1.90. The number of aliphatic hydroxyl groups is 1. The van der Waals surface area contributed by atoms with Crippen LogP contribution >= 0.6 is 0 Å². The number of H-pyrrole nitrogens is 2. The minimum absolute atomic E-state index is 0.123. The number of ketones is 1. The molecule has 0 bridgehead atoms. The minimum Gasteiger partial charge on any atom is -0.392 e. The van der Waals surface area contributed by atoms with E-state index < -0.39 is 23.1 Å². The summed E-state index contributed by atoms with van der Waals surface area (Å²) in [6, 6.07) is 12.2. The molecule has 188 valence electrons. The topological polar surface area (TPSA) is 88.2 Å². The van der Waals surface area contributed by atoms with Crippen molar-refractivity contribution < 1.29 is 23.1 Å². The number of benzene rings is 2. The van der Waals surface area contributed by atoms with Gasteiger partial charge in [0.25, 0.3) is 0 Å². The number of aromatic nitrogens is 3. The highest BCUT2D eigenvalue weighted by Gasteiger charge is 2.35. The molecular weight excluding hydrogens is 471 g/mol. The average molecular weight is 498 g/mol. The fraction of sp³-hybridized carbons (Fsp3) is 0.308. The molecule has 3 heterocycles. The van der Waals surface area contributed by atoms with E-state index in [9.17, 15) is 23.1 Å². The lowest BCUT2D eigenvalue weighted by atomic mass is 9.99. The summed E-state index contributed by atoms with van der Waals surface area (Å²) in [6.45, 7) is 5.89. The minimum atomic E-state index is -4.62. The van der Waals surface area contributed by atoms with Crippen molar-refractivity contribution in [3.8, 4) is 11.5 Å². The van der Waals surface area contributed by atoms with Gasteiger partial charge in [-0.1, -0.05) is 18.2 Å². The van der Waals surface area contributed by atoms with Crippen LogP contribution in [-0.2, 0) is 6.18 Å². The third kappa shape index (κ3) is 4.87. The second-order valence-electron chi connectivity index (χ2n) is 9.10. The fourth-order valence-electron chi connectivity index (χ4n) is 4.63. The number of aliphatic hydroxyl groups excluding tert-OH is 1. The van der Waals surface area contributed by atoms with Crippen LogP contribution in [0.4, 0.5) is 18.9 Å². The van der Waals surface area contributed by atoms with Gasteiger partial charge < -0.3 is 20.0 Å². The van der Waals surface area contributed by atoms with Crippen LogP contribution in [0.25, 0.3) is 22.6 Å². The first-order valence-electron chi connectivity index (χ1n) is 11.7. The van der Waals surface area contributed by atoms with Crippen molar-refractivity contribution >= 4 is 22.5 Å². The van der Waals surface area contributed by atoms with Crippen molar-refractivity contribution in [2.75, 3.05) is 37.6 Å². The molecule has 1 aliphatic heterocycles. The smallest absolute Gasteiger partial charge is 0.392 e. The van der Waals surface area contributed by atoms with Crippen molar-refractivity contribution in [1.29, 1.82) is 0 Å².